The second-order valence-electron chi connectivity index (χ2n) is 15.2. The molecule has 0 saturated heterocycles. The molecule has 0 bridgehead atoms. The van der Waals surface area contributed by atoms with E-state index in [1.165, 1.54) is 131 Å². The molecule has 0 atom stereocenters. The lowest BCUT2D eigenvalue weighted by atomic mass is 9.69. The molecule has 0 nitrogen and oxygen atoms in total. The highest BCUT2D eigenvalue weighted by atomic mass is 14.5. The van der Waals surface area contributed by atoms with Crippen molar-refractivity contribution in [1.29, 1.82) is 0 Å². The van der Waals surface area contributed by atoms with Crippen LogP contribution in [0.4, 0.5) is 0 Å². The monoisotopic (exact) mass is 648 g/mol. The van der Waals surface area contributed by atoms with Crippen molar-refractivity contribution in [2.45, 2.75) is 88.9 Å². The molecule has 0 N–H and O–H groups in total. The first kappa shape index (κ1) is 31.3. The molecule has 6 aromatic carbocycles. The van der Waals surface area contributed by atoms with Gasteiger partial charge in [-0.05, 0) is 103 Å². The van der Waals surface area contributed by atoms with Crippen LogP contribution in [0.15, 0.2) is 133 Å². The van der Waals surface area contributed by atoms with Gasteiger partial charge in [0.25, 0.3) is 0 Å². The first-order valence-corrected chi connectivity index (χ1v) is 19.4. The van der Waals surface area contributed by atoms with E-state index in [0.29, 0.717) is 0 Å². The van der Waals surface area contributed by atoms with Crippen molar-refractivity contribution >= 4 is 0 Å². The number of unbranched alkanes of at least 4 members (excludes halogenated alkanes) is 6. The first-order chi connectivity index (χ1) is 24.7. The lowest BCUT2D eigenvalue weighted by molar-refractivity contribution is 0.401. The Morgan fingerprint density at radius 2 is 0.720 bits per heavy atom. The third-order valence-corrected chi connectivity index (χ3v) is 12.5. The largest absolute Gasteiger partial charge is 0.0725 e. The van der Waals surface area contributed by atoms with Crippen LogP contribution >= 0.6 is 0 Å². The quantitative estimate of drug-likeness (QED) is 0.122. The Kier molecular flexibility index (Phi) is 7.88. The van der Waals surface area contributed by atoms with Crippen molar-refractivity contribution < 1.29 is 0 Å². The summed E-state index contributed by atoms with van der Waals surface area (Å²) in [5.74, 6) is 0. The molecule has 248 valence electrons. The van der Waals surface area contributed by atoms with E-state index in [1.54, 1.807) is 11.1 Å². The molecule has 0 radical (unpaired) electrons. The highest BCUT2D eigenvalue weighted by Gasteiger charge is 2.51. The summed E-state index contributed by atoms with van der Waals surface area (Å²) in [4.78, 5) is 0. The summed E-state index contributed by atoms with van der Waals surface area (Å²) in [5, 5.41) is 0. The van der Waals surface area contributed by atoms with Crippen molar-refractivity contribution in [3.63, 3.8) is 0 Å². The van der Waals surface area contributed by atoms with E-state index in [2.05, 4.69) is 147 Å². The van der Waals surface area contributed by atoms with E-state index in [0.717, 1.165) is 0 Å². The zero-order valence-electron chi connectivity index (χ0n) is 29.8. The van der Waals surface area contributed by atoms with Crippen LogP contribution in [0.1, 0.15) is 111 Å². The lowest BCUT2D eigenvalue weighted by Crippen LogP contribution is -2.26. The summed E-state index contributed by atoms with van der Waals surface area (Å²) >= 11 is 0. The smallest absolute Gasteiger partial charge is 0.0654 e. The normalized spacial score (nSPS) is 14.9. The van der Waals surface area contributed by atoms with Gasteiger partial charge >= 0.3 is 0 Å². The molecule has 0 heteroatoms. The Bertz CT molecular complexity index is 2140. The summed E-state index contributed by atoms with van der Waals surface area (Å²) in [7, 11) is 0. The standard InChI is InChI=1S/C50H48/c1-3-5-7-17-31-49(32-18-8-6-4-2)43-23-13-9-19-37(43)41-29-27-35(33-47(41)49)36-28-30-42-40-22-12-16-26-46(40)50(48(42)34-36)44-24-14-10-20-38(44)39-21-11-15-25-45(39)50/h9-16,19-30,33-34H,3-8,17-18,31-32H2,1-2H3. The molecule has 0 aromatic heterocycles. The maximum atomic E-state index is 2.61. The molecular weight excluding hydrogens is 601 g/mol. The molecule has 0 saturated carbocycles. The second-order valence-corrected chi connectivity index (χ2v) is 15.2. The third-order valence-electron chi connectivity index (χ3n) is 12.5. The molecule has 0 heterocycles. The van der Waals surface area contributed by atoms with Gasteiger partial charge in [0.1, 0.15) is 0 Å². The van der Waals surface area contributed by atoms with E-state index in [9.17, 15) is 0 Å². The van der Waals surface area contributed by atoms with E-state index in [1.807, 2.05) is 0 Å². The van der Waals surface area contributed by atoms with Crippen molar-refractivity contribution in [2.24, 2.45) is 0 Å². The van der Waals surface area contributed by atoms with Gasteiger partial charge in [-0.2, -0.15) is 0 Å². The fourth-order valence-corrected chi connectivity index (χ4v) is 10.3. The zero-order chi connectivity index (χ0) is 33.7. The summed E-state index contributed by atoms with van der Waals surface area (Å²) in [6.45, 7) is 4.66. The van der Waals surface area contributed by atoms with Crippen LogP contribution in [-0.4, -0.2) is 0 Å². The third kappa shape index (κ3) is 4.50. The molecule has 0 unspecified atom stereocenters. The molecule has 50 heavy (non-hydrogen) atoms. The first-order valence-electron chi connectivity index (χ1n) is 19.4. The zero-order valence-corrected chi connectivity index (χ0v) is 29.8. The fourth-order valence-electron chi connectivity index (χ4n) is 10.3. The minimum absolute atomic E-state index is 0.0843. The van der Waals surface area contributed by atoms with Gasteiger partial charge in [0, 0.05) is 5.41 Å². The lowest BCUT2D eigenvalue weighted by Gasteiger charge is -2.33. The Hall–Kier alpha value is -4.68. The summed E-state index contributed by atoms with van der Waals surface area (Å²) < 4.78 is 0. The molecule has 3 aliphatic carbocycles. The minimum Gasteiger partial charge on any atom is -0.0654 e. The van der Waals surface area contributed by atoms with Gasteiger partial charge < -0.3 is 0 Å². The van der Waals surface area contributed by atoms with Crippen LogP contribution in [0.3, 0.4) is 0 Å². The van der Waals surface area contributed by atoms with Crippen molar-refractivity contribution in [1.82, 2.24) is 0 Å². The molecular formula is C50H48. The topological polar surface area (TPSA) is 0 Å². The van der Waals surface area contributed by atoms with Gasteiger partial charge in [-0.1, -0.05) is 187 Å². The highest BCUT2D eigenvalue weighted by Crippen LogP contribution is 2.63. The van der Waals surface area contributed by atoms with Gasteiger partial charge in [0.05, 0.1) is 5.41 Å². The van der Waals surface area contributed by atoms with Crippen LogP contribution in [-0.2, 0) is 10.8 Å². The van der Waals surface area contributed by atoms with Gasteiger partial charge in [-0.3, -0.25) is 0 Å². The van der Waals surface area contributed by atoms with E-state index in [4.69, 9.17) is 0 Å². The molecule has 0 amide bonds. The van der Waals surface area contributed by atoms with Crippen LogP contribution in [0.25, 0.3) is 44.5 Å². The highest BCUT2D eigenvalue weighted by molar-refractivity contribution is 5.96. The molecule has 6 aromatic rings. The molecule has 0 fully saturated rings. The van der Waals surface area contributed by atoms with Gasteiger partial charge in [-0.25, -0.2) is 0 Å². The van der Waals surface area contributed by atoms with Gasteiger partial charge in [0.15, 0.2) is 0 Å². The summed E-state index contributed by atoms with van der Waals surface area (Å²) in [5.41, 5.74) is 19.6. The molecule has 9 rings (SSSR count). The fraction of sp³-hybridized carbons (Fsp3) is 0.280. The van der Waals surface area contributed by atoms with Crippen LogP contribution in [0.2, 0.25) is 0 Å². The van der Waals surface area contributed by atoms with Crippen molar-refractivity contribution in [2.75, 3.05) is 0 Å². The number of hydrogen-bond acceptors (Lipinski definition) is 0. The molecule has 0 aliphatic heterocycles. The maximum Gasteiger partial charge on any atom is 0.0725 e. The molecule has 1 spiro atoms. The Morgan fingerprint density at radius 3 is 1.20 bits per heavy atom. The predicted octanol–water partition coefficient (Wildman–Crippen LogP) is 13.9. The molecule has 3 aliphatic rings. The van der Waals surface area contributed by atoms with Crippen LogP contribution in [0.5, 0.6) is 0 Å². The average Bonchev–Trinajstić information content (AvgIpc) is 3.75. The Morgan fingerprint density at radius 1 is 0.340 bits per heavy atom. The number of rotatable bonds is 11. The summed E-state index contributed by atoms with van der Waals surface area (Å²) in [6.07, 6.45) is 12.9. The minimum atomic E-state index is -0.315. The van der Waals surface area contributed by atoms with Crippen molar-refractivity contribution in [3.05, 3.63) is 167 Å². The van der Waals surface area contributed by atoms with Gasteiger partial charge in [0.2, 0.25) is 0 Å². The Labute approximate surface area is 299 Å². The van der Waals surface area contributed by atoms with E-state index < -0.39 is 0 Å². The van der Waals surface area contributed by atoms with Gasteiger partial charge in [-0.15, -0.1) is 0 Å². The second kappa shape index (κ2) is 12.6. The number of hydrogen-bond donors (Lipinski definition) is 0. The average molecular weight is 649 g/mol. The number of fused-ring (bicyclic) bond motifs is 13. The van der Waals surface area contributed by atoms with Crippen LogP contribution in [0, 0.1) is 0 Å². The SMILES string of the molecule is CCCCCCC1(CCCCCC)c2ccccc2-c2ccc(-c3ccc4c(c3)C3(c5ccccc5-c5ccccc53)c3ccccc3-4)cc21. The Balaban J connectivity index is 1.22. The van der Waals surface area contributed by atoms with E-state index in [-0.39, 0.29) is 10.8 Å². The predicted molar refractivity (Wildman–Crippen MR) is 212 cm³/mol. The number of benzene rings is 6. The maximum absolute atomic E-state index is 2.61. The van der Waals surface area contributed by atoms with E-state index >= 15 is 0 Å². The van der Waals surface area contributed by atoms with Crippen molar-refractivity contribution in [3.8, 4) is 44.5 Å². The van der Waals surface area contributed by atoms with Crippen LogP contribution < -0.4 is 0 Å². The summed E-state index contributed by atoms with van der Waals surface area (Å²) in [6, 6.07) is 51.7.